The zero-order valence-electron chi connectivity index (χ0n) is 11.0. The number of carbonyl (C=O) groups is 1. The molecule has 0 aromatic carbocycles. The molecule has 2 N–H and O–H groups in total. The Morgan fingerprint density at radius 1 is 1.29 bits per heavy atom. The SMILES string of the molecule is CCCC(N)C(=O)N1CCC[C@H]2CCCC[C@H]21. The van der Waals surface area contributed by atoms with Crippen LogP contribution in [0.25, 0.3) is 0 Å². The number of rotatable bonds is 3. The van der Waals surface area contributed by atoms with Crippen molar-refractivity contribution in [2.75, 3.05) is 6.54 Å². The second-order valence-corrected chi connectivity index (χ2v) is 5.68. The second-order valence-electron chi connectivity index (χ2n) is 5.68. The largest absolute Gasteiger partial charge is 0.338 e. The summed E-state index contributed by atoms with van der Waals surface area (Å²) in [5.41, 5.74) is 5.99. The van der Waals surface area contributed by atoms with E-state index >= 15 is 0 Å². The molecule has 2 rings (SSSR count). The van der Waals surface area contributed by atoms with E-state index in [2.05, 4.69) is 11.8 Å². The molecule has 98 valence electrons. The van der Waals surface area contributed by atoms with E-state index in [-0.39, 0.29) is 11.9 Å². The number of carbonyl (C=O) groups excluding carboxylic acids is 1. The van der Waals surface area contributed by atoms with Gasteiger partial charge in [0, 0.05) is 12.6 Å². The highest BCUT2D eigenvalue weighted by Gasteiger charge is 2.36. The number of hydrogen-bond donors (Lipinski definition) is 1. The third-order valence-electron chi connectivity index (χ3n) is 4.44. The summed E-state index contributed by atoms with van der Waals surface area (Å²) in [6, 6.07) is 0.244. The van der Waals surface area contributed by atoms with Gasteiger partial charge in [-0.05, 0) is 38.0 Å². The maximum Gasteiger partial charge on any atom is 0.239 e. The number of nitrogens with two attached hydrogens (primary N) is 1. The van der Waals surface area contributed by atoms with Crippen LogP contribution in [0.3, 0.4) is 0 Å². The molecule has 1 aliphatic heterocycles. The van der Waals surface area contributed by atoms with Crippen molar-refractivity contribution in [3.63, 3.8) is 0 Å². The van der Waals surface area contributed by atoms with E-state index < -0.39 is 0 Å². The van der Waals surface area contributed by atoms with Crippen LogP contribution in [0.15, 0.2) is 0 Å². The Balaban J connectivity index is 2.00. The molecule has 3 atom stereocenters. The van der Waals surface area contributed by atoms with Gasteiger partial charge in [-0.25, -0.2) is 0 Å². The Labute approximate surface area is 105 Å². The van der Waals surface area contributed by atoms with Crippen molar-refractivity contribution >= 4 is 5.91 Å². The fourth-order valence-corrected chi connectivity index (χ4v) is 3.55. The fourth-order valence-electron chi connectivity index (χ4n) is 3.55. The maximum atomic E-state index is 12.3. The van der Waals surface area contributed by atoms with Crippen LogP contribution in [0.5, 0.6) is 0 Å². The molecule has 0 radical (unpaired) electrons. The molecular weight excluding hydrogens is 212 g/mol. The third-order valence-corrected chi connectivity index (χ3v) is 4.44. The molecule has 2 fully saturated rings. The highest BCUT2D eigenvalue weighted by Crippen LogP contribution is 2.35. The van der Waals surface area contributed by atoms with Crippen molar-refractivity contribution in [1.82, 2.24) is 4.90 Å². The Bertz CT molecular complexity index is 265. The summed E-state index contributed by atoms with van der Waals surface area (Å²) < 4.78 is 0. The molecule has 1 heterocycles. The van der Waals surface area contributed by atoms with Crippen LogP contribution in [0, 0.1) is 5.92 Å². The summed E-state index contributed by atoms with van der Waals surface area (Å²) in [5.74, 6) is 0.971. The van der Waals surface area contributed by atoms with Gasteiger partial charge in [-0.15, -0.1) is 0 Å². The molecule has 3 nitrogen and oxygen atoms in total. The normalized spacial score (nSPS) is 30.8. The van der Waals surface area contributed by atoms with E-state index in [1.54, 1.807) is 0 Å². The van der Waals surface area contributed by atoms with Crippen LogP contribution in [-0.4, -0.2) is 29.4 Å². The Hall–Kier alpha value is -0.570. The van der Waals surface area contributed by atoms with Crippen molar-refractivity contribution in [1.29, 1.82) is 0 Å². The van der Waals surface area contributed by atoms with Gasteiger partial charge < -0.3 is 10.6 Å². The summed E-state index contributed by atoms with van der Waals surface area (Å²) in [4.78, 5) is 14.5. The fraction of sp³-hybridized carbons (Fsp3) is 0.929. The number of piperidine rings is 1. The van der Waals surface area contributed by atoms with Crippen molar-refractivity contribution < 1.29 is 4.79 Å². The minimum absolute atomic E-state index is 0.212. The topological polar surface area (TPSA) is 46.3 Å². The number of nitrogens with zero attached hydrogens (tertiary/aromatic N) is 1. The molecule has 1 saturated heterocycles. The van der Waals surface area contributed by atoms with Gasteiger partial charge in [-0.2, -0.15) is 0 Å². The van der Waals surface area contributed by atoms with Crippen LogP contribution < -0.4 is 5.73 Å². The van der Waals surface area contributed by atoms with Crippen LogP contribution >= 0.6 is 0 Å². The van der Waals surface area contributed by atoms with E-state index in [0.717, 1.165) is 25.3 Å². The quantitative estimate of drug-likeness (QED) is 0.820. The monoisotopic (exact) mass is 238 g/mol. The Morgan fingerprint density at radius 2 is 2.00 bits per heavy atom. The number of fused-ring (bicyclic) bond motifs is 1. The molecule has 1 amide bonds. The minimum atomic E-state index is -0.263. The van der Waals surface area contributed by atoms with Crippen LogP contribution in [0.1, 0.15) is 58.3 Å². The average molecular weight is 238 g/mol. The van der Waals surface area contributed by atoms with Gasteiger partial charge in [0.15, 0.2) is 0 Å². The summed E-state index contributed by atoms with van der Waals surface area (Å²) in [6.07, 6.45) is 9.47. The lowest BCUT2D eigenvalue weighted by Crippen LogP contribution is -2.54. The molecular formula is C14H26N2O. The average Bonchev–Trinajstić information content (AvgIpc) is 2.37. The molecule has 17 heavy (non-hydrogen) atoms. The molecule has 3 heteroatoms. The van der Waals surface area contributed by atoms with Crippen LogP contribution in [0.4, 0.5) is 0 Å². The van der Waals surface area contributed by atoms with Crippen molar-refractivity contribution in [3.8, 4) is 0 Å². The standard InChI is InChI=1S/C14H26N2O/c1-2-6-12(15)14(17)16-10-5-8-11-7-3-4-9-13(11)16/h11-13H,2-10,15H2,1H3/t11-,12?,13-/m1/s1. The highest BCUT2D eigenvalue weighted by atomic mass is 16.2. The summed E-state index contributed by atoms with van der Waals surface area (Å²) in [5, 5.41) is 0. The van der Waals surface area contributed by atoms with Gasteiger partial charge in [-0.1, -0.05) is 26.2 Å². The predicted octanol–water partition coefficient (Wildman–Crippen LogP) is 2.29. The first-order valence-corrected chi connectivity index (χ1v) is 7.30. The first-order chi connectivity index (χ1) is 8.24. The molecule has 1 aliphatic carbocycles. The lowest BCUT2D eigenvalue weighted by atomic mass is 9.78. The van der Waals surface area contributed by atoms with Crippen LogP contribution in [-0.2, 0) is 4.79 Å². The highest BCUT2D eigenvalue weighted by molar-refractivity contribution is 5.82. The predicted molar refractivity (Wildman–Crippen MR) is 69.6 cm³/mol. The smallest absolute Gasteiger partial charge is 0.239 e. The van der Waals surface area contributed by atoms with E-state index in [0.29, 0.717) is 6.04 Å². The first kappa shape index (κ1) is 12.9. The summed E-state index contributed by atoms with van der Waals surface area (Å²) in [6.45, 7) is 3.03. The zero-order chi connectivity index (χ0) is 12.3. The molecule has 1 saturated carbocycles. The second kappa shape index (κ2) is 5.85. The lowest BCUT2D eigenvalue weighted by molar-refractivity contribution is -0.139. The molecule has 0 aromatic rings. The van der Waals surface area contributed by atoms with Gasteiger partial charge in [0.2, 0.25) is 5.91 Å². The number of amides is 1. The molecule has 1 unspecified atom stereocenters. The summed E-state index contributed by atoms with van der Waals surface area (Å²) >= 11 is 0. The Kier molecular flexibility index (Phi) is 4.43. The van der Waals surface area contributed by atoms with E-state index in [1.807, 2.05) is 0 Å². The number of likely N-dealkylation sites (tertiary alicyclic amines) is 1. The molecule has 2 aliphatic rings. The maximum absolute atomic E-state index is 12.3. The lowest BCUT2D eigenvalue weighted by Gasteiger charge is -2.45. The number of hydrogen-bond acceptors (Lipinski definition) is 2. The van der Waals surface area contributed by atoms with E-state index in [4.69, 9.17) is 5.73 Å². The third kappa shape index (κ3) is 2.82. The van der Waals surface area contributed by atoms with Gasteiger partial charge >= 0.3 is 0 Å². The minimum Gasteiger partial charge on any atom is -0.338 e. The van der Waals surface area contributed by atoms with Crippen LogP contribution in [0.2, 0.25) is 0 Å². The van der Waals surface area contributed by atoms with Crippen molar-refractivity contribution in [2.24, 2.45) is 11.7 Å². The van der Waals surface area contributed by atoms with Gasteiger partial charge in [0.05, 0.1) is 6.04 Å². The van der Waals surface area contributed by atoms with Gasteiger partial charge in [-0.3, -0.25) is 4.79 Å². The van der Waals surface area contributed by atoms with E-state index in [9.17, 15) is 4.79 Å². The molecule has 0 bridgehead atoms. The van der Waals surface area contributed by atoms with Crippen molar-refractivity contribution in [3.05, 3.63) is 0 Å². The Morgan fingerprint density at radius 3 is 2.76 bits per heavy atom. The first-order valence-electron chi connectivity index (χ1n) is 7.30. The molecule has 0 aromatic heterocycles. The van der Waals surface area contributed by atoms with E-state index in [1.165, 1.54) is 38.5 Å². The van der Waals surface area contributed by atoms with Gasteiger partial charge in [0.25, 0.3) is 0 Å². The zero-order valence-corrected chi connectivity index (χ0v) is 11.0. The van der Waals surface area contributed by atoms with Crippen molar-refractivity contribution in [2.45, 2.75) is 70.4 Å². The van der Waals surface area contributed by atoms with Gasteiger partial charge in [0.1, 0.15) is 0 Å². The molecule has 0 spiro atoms. The summed E-state index contributed by atoms with van der Waals surface area (Å²) in [7, 11) is 0.